The molecule has 0 unspecified atom stereocenters. The molecule has 8 nitrogen and oxygen atoms in total. The predicted molar refractivity (Wildman–Crippen MR) is 128 cm³/mol. The summed E-state index contributed by atoms with van der Waals surface area (Å²) in [6, 6.07) is 19.8. The van der Waals surface area contributed by atoms with Gasteiger partial charge in [-0.3, -0.25) is 4.79 Å². The van der Waals surface area contributed by atoms with Crippen molar-refractivity contribution in [2.45, 2.75) is 0 Å². The summed E-state index contributed by atoms with van der Waals surface area (Å²) < 4.78 is 5.25. The molecule has 8 heteroatoms. The Labute approximate surface area is 190 Å². The highest BCUT2D eigenvalue weighted by molar-refractivity contribution is 6.05. The number of para-hydroxylation sites is 1. The zero-order chi connectivity index (χ0) is 22.8. The lowest BCUT2D eigenvalue weighted by Crippen LogP contribution is -2.44. The Morgan fingerprint density at radius 1 is 0.939 bits per heavy atom. The van der Waals surface area contributed by atoms with E-state index >= 15 is 0 Å². The number of nitrogens with zero attached hydrogens (tertiary/aromatic N) is 4. The molecule has 3 heterocycles. The van der Waals surface area contributed by atoms with Gasteiger partial charge in [-0.15, -0.1) is 10.2 Å². The Kier molecular flexibility index (Phi) is 5.58. The van der Waals surface area contributed by atoms with E-state index in [-0.39, 0.29) is 5.56 Å². The van der Waals surface area contributed by atoms with Gasteiger partial charge in [0, 0.05) is 42.8 Å². The van der Waals surface area contributed by atoms with Crippen LogP contribution < -0.4 is 15.8 Å². The second-order valence-electron chi connectivity index (χ2n) is 8.08. The van der Waals surface area contributed by atoms with Crippen LogP contribution in [-0.4, -0.2) is 54.2 Å². The molecule has 5 rings (SSSR count). The first kappa shape index (κ1) is 20.8. The van der Waals surface area contributed by atoms with E-state index in [0.29, 0.717) is 16.7 Å². The number of hydrogen-bond donors (Lipinski definition) is 1. The second kappa shape index (κ2) is 8.84. The van der Waals surface area contributed by atoms with Crippen molar-refractivity contribution < 1.29 is 9.21 Å². The lowest BCUT2D eigenvalue weighted by Gasteiger charge is -2.32. The zero-order valence-corrected chi connectivity index (χ0v) is 18.2. The number of piperazine rings is 1. The summed E-state index contributed by atoms with van der Waals surface area (Å²) in [5, 5.41) is 12.2. The summed E-state index contributed by atoms with van der Waals surface area (Å²) in [5.41, 5.74) is 1.94. The van der Waals surface area contributed by atoms with Crippen LogP contribution in [0.3, 0.4) is 0 Å². The molecule has 2 aromatic heterocycles. The van der Waals surface area contributed by atoms with Gasteiger partial charge in [0.1, 0.15) is 11.1 Å². The van der Waals surface area contributed by atoms with Gasteiger partial charge in [-0.2, -0.15) is 0 Å². The number of hydrogen-bond acceptors (Lipinski definition) is 7. The lowest BCUT2D eigenvalue weighted by molar-refractivity contribution is 0.102. The fourth-order valence-corrected chi connectivity index (χ4v) is 3.83. The number of fused-ring (bicyclic) bond motifs is 1. The van der Waals surface area contributed by atoms with Gasteiger partial charge in [-0.05, 0) is 43.4 Å². The summed E-state index contributed by atoms with van der Waals surface area (Å²) in [5.74, 6) is 0.364. The van der Waals surface area contributed by atoms with Gasteiger partial charge in [-0.1, -0.05) is 30.3 Å². The quantitative estimate of drug-likeness (QED) is 0.486. The van der Waals surface area contributed by atoms with Gasteiger partial charge in [-0.25, -0.2) is 4.79 Å². The summed E-state index contributed by atoms with van der Waals surface area (Å²) in [7, 11) is 2.12. The Morgan fingerprint density at radius 2 is 1.70 bits per heavy atom. The molecule has 1 aliphatic heterocycles. The third-order valence-corrected chi connectivity index (χ3v) is 5.80. The third-order valence-electron chi connectivity index (χ3n) is 5.80. The second-order valence-corrected chi connectivity index (χ2v) is 8.08. The molecule has 166 valence electrons. The number of rotatable bonds is 4. The molecule has 0 atom stereocenters. The number of anilines is 2. The maximum Gasteiger partial charge on any atom is 0.349 e. The molecule has 0 aliphatic carbocycles. The number of nitrogens with one attached hydrogen (secondary N) is 1. The Bertz CT molecular complexity index is 1340. The van der Waals surface area contributed by atoms with Crippen LogP contribution in [0, 0.1) is 0 Å². The Hall–Kier alpha value is -4.04. The van der Waals surface area contributed by atoms with Gasteiger partial charge in [0.05, 0.1) is 5.69 Å². The summed E-state index contributed by atoms with van der Waals surface area (Å²) >= 11 is 0. The topological polar surface area (TPSA) is 91.6 Å². The van der Waals surface area contributed by atoms with Gasteiger partial charge in [0.15, 0.2) is 5.82 Å². The van der Waals surface area contributed by atoms with E-state index in [4.69, 9.17) is 4.42 Å². The van der Waals surface area contributed by atoms with E-state index in [9.17, 15) is 9.59 Å². The average Bonchev–Trinajstić information content (AvgIpc) is 2.85. The first-order valence-corrected chi connectivity index (χ1v) is 10.8. The normalized spacial score (nSPS) is 14.4. The average molecular weight is 441 g/mol. The van der Waals surface area contributed by atoms with E-state index in [2.05, 4.69) is 32.4 Å². The van der Waals surface area contributed by atoms with Gasteiger partial charge in [0.2, 0.25) is 0 Å². The van der Waals surface area contributed by atoms with E-state index in [0.717, 1.165) is 43.3 Å². The number of amides is 1. The smallest absolute Gasteiger partial charge is 0.349 e. The van der Waals surface area contributed by atoms with Crippen molar-refractivity contribution in [2.24, 2.45) is 0 Å². The molecule has 4 aromatic rings. The zero-order valence-electron chi connectivity index (χ0n) is 18.2. The predicted octanol–water partition coefficient (Wildman–Crippen LogP) is 3.25. The monoisotopic (exact) mass is 441 g/mol. The van der Waals surface area contributed by atoms with E-state index in [1.54, 1.807) is 36.4 Å². The summed E-state index contributed by atoms with van der Waals surface area (Å²) in [6.45, 7) is 3.90. The summed E-state index contributed by atoms with van der Waals surface area (Å²) in [6.07, 6.45) is 0. The standard InChI is InChI=1S/C25H23N5O3/c1-29-12-14-30(15-13-29)23-11-10-21(27-28-23)17-6-8-19(9-7-17)26-24(31)20-16-18-4-2-3-5-22(18)33-25(20)32/h2-11,16H,12-15H2,1H3,(H,26,31). The van der Waals surface area contributed by atoms with Crippen LogP contribution in [-0.2, 0) is 0 Å². The number of likely N-dealkylation sites (N-methyl/N-ethyl adjacent to an activating group) is 1. The third kappa shape index (κ3) is 4.47. The maximum atomic E-state index is 12.6. The Morgan fingerprint density at radius 3 is 2.42 bits per heavy atom. The molecule has 33 heavy (non-hydrogen) atoms. The molecule has 0 bridgehead atoms. The first-order chi connectivity index (χ1) is 16.1. The molecule has 1 N–H and O–H groups in total. The van der Waals surface area contributed by atoms with E-state index < -0.39 is 11.5 Å². The van der Waals surface area contributed by atoms with Crippen LogP contribution in [0.25, 0.3) is 22.2 Å². The number of carbonyl (C=O) groups is 1. The lowest BCUT2D eigenvalue weighted by atomic mass is 10.1. The van der Waals surface area contributed by atoms with Crippen molar-refractivity contribution in [2.75, 3.05) is 43.4 Å². The minimum atomic E-state index is -0.668. The van der Waals surface area contributed by atoms with Crippen LogP contribution in [0.2, 0.25) is 0 Å². The van der Waals surface area contributed by atoms with Gasteiger partial charge < -0.3 is 19.5 Å². The molecule has 2 aromatic carbocycles. The van der Waals surface area contributed by atoms with Crippen LogP contribution in [0.15, 0.2) is 75.9 Å². The molecular formula is C25H23N5O3. The first-order valence-electron chi connectivity index (χ1n) is 10.8. The molecule has 1 aliphatic rings. The van der Waals surface area contributed by atoms with Crippen molar-refractivity contribution in [3.8, 4) is 11.3 Å². The maximum absolute atomic E-state index is 12.6. The minimum Gasteiger partial charge on any atom is -0.422 e. The fraction of sp³-hybridized carbons (Fsp3) is 0.200. The highest BCUT2D eigenvalue weighted by Gasteiger charge is 2.16. The van der Waals surface area contributed by atoms with Crippen LogP contribution in [0.1, 0.15) is 10.4 Å². The molecule has 1 saturated heterocycles. The van der Waals surface area contributed by atoms with E-state index in [1.807, 2.05) is 30.3 Å². The fourth-order valence-electron chi connectivity index (χ4n) is 3.83. The number of benzene rings is 2. The Balaban J connectivity index is 1.28. The molecule has 0 saturated carbocycles. The van der Waals surface area contributed by atoms with Crippen LogP contribution >= 0.6 is 0 Å². The van der Waals surface area contributed by atoms with Gasteiger partial charge >= 0.3 is 5.63 Å². The van der Waals surface area contributed by atoms with Gasteiger partial charge in [0.25, 0.3) is 5.91 Å². The van der Waals surface area contributed by atoms with Crippen molar-refractivity contribution in [1.82, 2.24) is 15.1 Å². The van der Waals surface area contributed by atoms with Crippen LogP contribution in [0.4, 0.5) is 11.5 Å². The van der Waals surface area contributed by atoms with Crippen LogP contribution in [0.5, 0.6) is 0 Å². The van der Waals surface area contributed by atoms with Crippen molar-refractivity contribution in [1.29, 1.82) is 0 Å². The molecular weight excluding hydrogens is 418 g/mol. The van der Waals surface area contributed by atoms with Crippen molar-refractivity contribution in [3.63, 3.8) is 0 Å². The van der Waals surface area contributed by atoms with Crippen molar-refractivity contribution in [3.05, 3.63) is 82.7 Å². The SMILES string of the molecule is CN1CCN(c2ccc(-c3ccc(NC(=O)c4cc5ccccc5oc4=O)cc3)nn2)CC1. The van der Waals surface area contributed by atoms with Crippen molar-refractivity contribution >= 4 is 28.4 Å². The molecule has 1 fully saturated rings. The molecule has 0 radical (unpaired) electrons. The number of aromatic nitrogens is 2. The molecule has 1 amide bonds. The highest BCUT2D eigenvalue weighted by atomic mass is 16.4. The largest absolute Gasteiger partial charge is 0.422 e. The molecule has 0 spiro atoms. The minimum absolute atomic E-state index is 0.0388. The van der Waals surface area contributed by atoms with E-state index in [1.165, 1.54) is 0 Å². The highest BCUT2D eigenvalue weighted by Crippen LogP contribution is 2.22. The number of carbonyl (C=O) groups excluding carboxylic acids is 1. The summed E-state index contributed by atoms with van der Waals surface area (Å²) in [4.78, 5) is 29.4.